The molecule has 2 atom stereocenters. The van der Waals surface area contributed by atoms with Gasteiger partial charge >= 0.3 is 0 Å². The first kappa shape index (κ1) is 21.7. The summed E-state index contributed by atoms with van der Waals surface area (Å²) >= 11 is 14.0. The Bertz CT molecular complexity index is 1110. The maximum atomic E-state index is 11.9. The molecular weight excluding hydrogens is 452 g/mol. The summed E-state index contributed by atoms with van der Waals surface area (Å²) in [5.74, 6) is -0.266. The van der Waals surface area contributed by atoms with Gasteiger partial charge in [-0.25, -0.2) is 0 Å². The maximum absolute atomic E-state index is 11.9. The quantitative estimate of drug-likeness (QED) is 0.499. The Morgan fingerprint density at radius 1 is 1.32 bits per heavy atom. The highest BCUT2D eigenvalue weighted by Gasteiger charge is 2.41. The number of carbonyl (C=O) groups excluding carboxylic acids is 1. The van der Waals surface area contributed by atoms with Crippen molar-refractivity contribution >= 4 is 57.5 Å². The second-order valence-electron chi connectivity index (χ2n) is 7.09. The predicted octanol–water partition coefficient (Wildman–Crippen LogP) is 4.87. The number of rotatable bonds is 6. The van der Waals surface area contributed by atoms with Crippen LogP contribution < -0.4 is 15.5 Å². The van der Waals surface area contributed by atoms with Gasteiger partial charge in [-0.2, -0.15) is 0 Å². The lowest BCUT2D eigenvalue weighted by molar-refractivity contribution is -0.119. The van der Waals surface area contributed by atoms with E-state index in [-0.39, 0.29) is 24.6 Å². The van der Waals surface area contributed by atoms with Gasteiger partial charge in [-0.15, -0.1) is 11.3 Å². The number of anilines is 2. The molecular formula is C22H21ClN4O2S2. The second-order valence-corrected chi connectivity index (χ2v) is 9.20. The molecule has 31 heavy (non-hydrogen) atoms. The Labute approximate surface area is 195 Å². The summed E-state index contributed by atoms with van der Waals surface area (Å²) in [5.41, 5.74) is 2.27. The first-order valence-electron chi connectivity index (χ1n) is 9.63. The summed E-state index contributed by atoms with van der Waals surface area (Å²) in [6.45, 7) is 2.05. The number of benzene rings is 1. The van der Waals surface area contributed by atoms with E-state index in [4.69, 9.17) is 28.6 Å². The molecule has 2 aromatic heterocycles. The van der Waals surface area contributed by atoms with Crippen molar-refractivity contribution in [3.05, 3.63) is 75.2 Å². The third-order valence-electron chi connectivity index (χ3n) is 4.93. The molecule has 1 aliphatic heterocycles. The van der Waals surface area contributed by atoms with Crippen molar-refractivity contribution in [2.24, 2.45) is 0 Å². The minimum Gasteiger partial charge on any atom is -0.375 e. The number of aromatic nitrogens is 1. The van der Waals surface area contributed by atoms with Crippen LogP contribution in [0.4, 0.5) is 11.4 Å². The van der Waals surface area contributed by atoms with Crippen molar-refractivity contribution < 1.29 is 9.53 Å². The van der Waals surface area contributed by atoms with Crippen molar-refractivity contribution in [1.82, 2.24) is 10.3 Å². The zero-order chi connectivity index (χ0) is 22.0. The van der Waals surface area contributed by atoms with E-state index >= 15 is 0 Å². The van der Waals surface area contributed by atoms with Gasteiger partial charge in [-0.05, 0) is 61.6 Å². The van der Waals surface area contributed by atoms with Crippen LogP contribution in [0.25, 0.3) is 0 Å². The number of nitrogens with zero attached hydrogens (tertiary/aromatic N) is 2. The molecule has 1 aromatic carbocycles. The summed E-state index contributed by atoms with van der Waals surface area (Å²) in [5, 5.41) is 7.20. The van der Waals surface area contributed by atoms with Crippen LogP contribution >= 0.6 is 35.2 Å². The van der Waals surface area contributed by atoms with Crippen LogP contribution in [0.15, 0.2) is 54.7 Å². The summed E-state index contributed by atoms with van der Waals surface area (Å²) in [6.07, 6.45) is 1.79. The average Bonchev–Trinajstić information content (AvgIpc) is 3.33. The Kier molecular flexibility index (Phi) is 6.52. The van der Waals surface area contributed by atoms with Crippen molar-refractivity contribution in [2.45, 2.75) is 19.0 Å². The number of thiophene rings is 1. The van der Waals surface area contributed by atoms with Crippen LogP contribution in [0.1, 0.15) is 27.5 Å². The fourth-order valence-corrected chi connectivity index (χ4v) is 5.18. The average molecular weight is 473 g/mol. The Balaban J connectivity index is 1.71. The van der Waals surface area contributed by atoms with E-state index in [9.17, 15) is 4.79 Å². The molecule has 0 spiro atoms. The van der Waals surface area contributed by atoms with Crippen molar-refractivity contribution in [1.29, 1.82) is 0 Å². The highest BCUT2D eigenvalue weighted by molar-refractivity contribution is 7.80. The highest BCUT2D eigenvalue weighted by Crippen LogP contribution is 2.44. The largest absolute Gasteiger partial charge is 0.375 e. The van der Waals surface area contributed by atoms with E-state index in [2.05, 4.69) is 39.6 Å². The summed E-state index contributed by atoms with van der Waals surface area (Å²) < 4.78 is 4.86. The fourth-order valence-electron chi connectivity index (χ4n) is 3.61. The third-order valence-corrected chi connectivity index (χ3v) is 6.63. The first-order chi connectivity index (χ1) is 15.0. The van der Waals surface area contributed by atoms with Gasteiger partial charge in [-0.3, -0.25) is 9.78 Å². The highest BCUT2D eigenvalue weighted by atomic mass is 35.5. The van der Waals surface area contributed by atoms with Crippen LogP contribution in [0.5, 0.6) is 0 Å². The SMILES string of the molecule is COCC(=O)Nc1ccc(N2C(=S)N[C@H](c3ccccn3)[C@H]2c2ccc(C)s2)cc1Cl. The van der Waals surface area contributed by atoms with Gasteiger partial charge < -0.3 is 20.3 Å². The number of ether oxygens (including phenoxy) is 1. The monoisotopic (exact) mass is 472 g/mol. The molecule has 0 radical (unpaired) electrons. The number of aryl methyl sites for hydroxylation is 1. The number of methoxy groups -OCH3 is 1. The predicted molar refractivity (Wildman–Crippen MR) is 129 cm³/mol. The first-order valence-corrected chi connectivity index (χ1v) is 11.2. The minimum atomic E-state index is -0.266. The normalized spacial score (nSPS) is 18.2. The molecule has 1 fully saturated rings. The number of hydrogen-bond acceptors (Lipinski definition) is 5. The van der Waals surface area contributed by atoms with E-state index in [1.54, 1.807) is 23.6 Å². The van der Waals surface area contributed by atoms with Gasteiger partial charge in [0.15, 0.2) is 5.11 Å². The number of hydrogen-bond donors (Lipinski definition) is 2. The Morgan fingerprint density at radius 2 is 2.16 bits per heavy atom. The van der Waals surface area contributed by atoms with E-state index in [0.29, 0.717) is 15.8 Å². The number of pyridine rings is 1. The third kappa shape index (κ3) is 4.57. The second kappa shape index (κ2) is 9.32. The lowest BCUT2D eigenvalue weighted by atomic mass is 10.0. The molecule has 0 unspecified atom stereocenters. The van der Waals surface area contributed by atoms with Gasteiger partial charge in [0, 0.05) is 28.7 Å². The molecule has 1 aliphatic rings. The Morgan fingerprint density at radius 3 is 2.81 bits per heavy atom. The van der Waals surface area contributed by atoms with E-state index in [1.807, 2.05) is 30.3 Å². The molecule has 6 nitrogen and oxygen atoms in total. The molecule has 3 heterocycles. The molecule has 2 N–H and O–H groups in total. The zero-order valence-electron chi connectivity index (χ0n) is 17.0. The van der Waals surface area contributed by atoms with Crippen LogP contribution in [0.3, 0.4) is 0 Å². The Hall–Kier alpha value is -2.52. The number of nitrogens with one attached hydrogen (secondary N) is 2. The number of carbonyl (C=O) groups is 1. The van der Waals surface area contributed by atoms with Gasteiger partial charge in [0.1, 0.15) is 6.61 Å². The van der Waals surface area contributed by atoms with E-state index < -0.39 is 0 Å². The maximum Gasteiger partial charge on any atom is 0.250 e. The fraction of sp³-hybridized carbons (Fsp3) is 0.227. The van der Waals surface area contributed by atoms with E-state index in [0.717, 1.165) is 11.4 Å². The molecule has 0 aliphatic carbocycles. The molecule has 4 rings (SSSR count). The van der Waals surface area contributed by atoms with Gasteiger partial charge in [0.25, 0.3) is 0 Å². The molecule has 0 bridgehead atoms. The lowest BCUT2D eigenvalue weighted by Gasteiger charge is -2.27. The summed E-state index contributed by atoms with van der Waals surface area (Å²) in [4.78, 5) is 20.9. The van der Waals surface area contributed by atoms with Crippen LogP contribution in [-0.2, 0) is 9.53 Å². The molecule has 3 aromatic rings. The smallest absolute Gasteiger partial charge is 0.250 e. The minimum absolute atomic E-state index is 0.0379. The van der Waals surface area contributed by atoms with E-state index in [1.165, 1.54) is 16.9 Å². The standard InChI is InChI=1S/C22H21ClN4O2S2/c1-13-6-9-18(31-13)21-20(17-5-3-4-10-24-17)26-22(30)27(21)14-7-8-16(15(23)11-14)25-19(28)12-29-2/h3-11,20-21H,12H2,1-2H3,(H,25,28)(H,26,30)/t20-,21-/m1/s1. The molecule has 160 valence electrons. The van der Waals surface area contributed by atoms with Crippen LogP contribution in [0, 0.1) is 6.92 Å². The number of thiocarbonyl (C=S) groups is 1. The lowest BCUT2D eigenvalue weighted by Crippen LogP contribution is -2.29. The van der Waals surface area contributed by atoms with Gasteiger partial charge in [0.2, 0.25) is 5.91 Å². The van der Waals surface area contributed by atoms with Crippen molar-refractivity contribution in [3.63, 3.8) is 0 Å². The number of amides is 1. The molecule has 1 saturated heterocycles. The summed E-state index contributed by atoms with van der Waals surface area (Å²) in [7, 11) is 1.47. The van der Waals surface area contributed by atoms with Crippen LogP contribution in [-0.4, -0.2) is 29.7 Å². The molecule has 0 saturated carbocycles. The van der Waals surface area contributed by atoms with Crippen molar-refractivity contribution in [3.8, 4) is 0 Å². The van der Waals surface area contributed by atoms with Crippen LogP contribution in [0.2, 0.25) is 5.02 Å². The molecule has 1 amide bonds. The topological polar surface area (TPSA) is 66.5 Å². The summed E-state index contributed by atoms with van der Waals surface area (Å²) in [6, 6.07) is 15.4. The zero-order valence-corrected chi connectivity index (χ0v) is 19.4. The number of halogens is 1. The molecule has 9 heteroatoms. The van der Waals surface area contributed by atoms with Crippen molar-refractivity contribution in [2.75, 3.05) is 23.9 Å². The van der Waals surface area contributed by atoms with Gasteiger partial charge in [0.05, 0.1) is 28.5 Å². The van der Waals surface area contributed by atoms with Gasteiger partial charge in [-0.1, -0.05) is 17.7 Å².